The van der Waals surface area contributed by atoms with Crippen molar-refractivity contribution in [1.82, 2.24) is 14.9 Å². The molecule has 1 N–H and O–H groups in total. The van der Waals surface area contributed by atoms with E-state index in [4.69, 9.17) is 11.6 Å². The minimum atomic E-state index is -0.490. The van der Waals surface area contributed by atoms with Crippen molar-refractivity contribution in [2.45, 2.75) is 32.1 Å². The quantitative estimate of drug-likeness (QED) is 0.681. The van der Waals surface area contributed by atoms with Crippen LogP contribution in [-0.4, -0.2) is 22.0 Å². The monoisotopic (exact) mass is 387 g/mol. The van der Waals surface area contributed by atoms with Crippen molar-refractivity contribution in [3.05, 3.63) is 64.7 Å². The second-order valence-corrected chi connectivity index (χ2v) is 7.80. The van der Waals surface area contributed by atoms with Gasteiger partial charge in [0.1, 0.15) is 11.6 Å². The fourth-order valence-corrected chi connectivity index (χ4v) is 3.35. The minimum Gasteiger partial charge on any atom is -0.355 e. The lowest BCUT2D eigenvalue weighted by molar-refractivity contribution is -0.121. The van der Waals surface area contributed by atoms with Crippen LogP contribution in [0.5, 0.6) is 0 Å². The molecule has 3 aromatic rings. The van der Waals surface area contributed by atoms with E-state index in [1.54, 1.807) is 18.2 Å². The molecule has 6 heteroatoms. The van der Waals surface area contributed by atoms with Gasteiger partial charge in [-0.2, -0.15) is 0 Å². The van der Waals surface area contributed by atoms with Gasteiger partial charge in [-0.25, -0.2) is 9.37 Å². The molecule has 0 aliphatic heterocycles. The molecule has 0 saturated carbocycles. The lowest BCUT2D eigenvalue weighted by Crippen LogP contribution is -2.37. The number of imidazole rings is 1. The Labute approximate surface area is 163 Å². The number of carbonyl (C=O) groups excluding carboxylic acids is 1. The summed E-state index contributed by atoms with van der Waals surface area (Å²) in [4.78, 5) is 16.9. The van der Waals surface area contributed by atoms with Crippen LogP contribution in [0.2, 0.25) is 5.02 Å². The number of hydrogen-bond donors (Lipinski definition) is 1. The first-order chi connectivity index (χ1) is 12.8. The fraction of sp³-hybridized carbons (Fsp3) is 0.333. The molecule has 0 aliphatic rings. The van der Waals surface area contributed by atoms with Crippen LogP contribution in [-0.2, 0) is 23.7 Å². The summed E-state index contributed by atoms with van der Waals surface area (Å²) in [6.45, 7) is 4.20. The minimum absolute atomic E-state index is 0.0792. The topological polar surface area (TPSA) is 46.9 Å². The number of fused-ring (bicyclic) bond motifs is 1. The molecule has 2 aromatic carbocycles. The third kappa shape index (κ3) is 4.30. The van der Waals surface area contributed by atoms with Crippen LogP contribution in [0, 0.1) is 5.82 Å². The highest BCUT2D eigenvalue weighted by Gasteiger charge is 2.24. The predicted octanol–water partition coefficient (Wildman–Crippen LogP) is 4.39. The van der Waals surface area contributed by atoms with Crippen LogP contribution in [0.25, 0.3) is 11.0 Å². The van der Waals surface area contributed by atoms with Gasteiger partial charge in [-0.15, -0.1) is 0 Å². The summed E-state index contributed by atoms with van der Waals surface area (Å²) >= 11 is 6.01. The SMILES string of the molecule is Cn1c(CCC(=O)NCC(C)(C)c2ccccc2F)nc2cc(Cl)ccc21. The average molecular weight is 388 g/mol. The molecule has 1 heterocycles. The third-order valence-electron chi connectivity index (χ3n) is 4.84. The van der Waals surface area contributed by atoms with Crippen LogP contribution in [0.1, 0.15) is 31.7 Å². The molecule has 0 aliphatic carbocycles. The lowest BCUT2D eigenvalue weighted by atomic mass is 9.84. The van der Waals surface area contributed by atoms with Crippen molar-refractivity contribution in [3.63, 3.8) is 0 Å². The Bertz CT molecular complexity index is 981. The van der Waals surface area contributed by atoms with Crippen molar-refractivity contribution < 1.29 is 9.18 Å². The summed E-state index contributed by atoms with van der Waals surface area (Å²) < 4.78 is 16.0. The van der Waals surface area contributed by atoms with Crippen LogP contribution in [0.4, 0.5) is 4.39 Å². The van der Waals surface area contributed by atoms with Gasteiger partial charge in [-0.05, 0) is 29.8 Å². The van der Waals surface area contributed by atoms with Crippen LogP contribution < -0.4 is 5.32 Å². The van der Waals surface area contributed by atoms with Gasteiger partial charge in [-0.3, -0.25) is 4.79 Å². The molecule has 0 unspecified atom stereocenters. The number of benzene rings is 2. The second kappa shape index (κ2) is 7.69. The largest absolute Gasteiger partial charge is 0.355 e. The predicted molar refractivity (Wildman–Crippen MR) is 106 cm³/mol. The summed E-state index contributed by atoms with van der Waals surface area (Å²) in [5.74, 6) is 0.496. The molecule has 0 radical (unpaired) electrons. The normalized spacial score (nSPS) is 11.7. The van der Waals surface area contributed by atoms with E-state index in [1.165, 1.54) is 6.07 Å². The zero-order valence-electron chi connectivity index (χ0n) is 15.7. The number of aromatic nitrogens is 2. The first kappa shape index (κ1) is 19.4. The molecule has 3 rings (SSSR count). The molecular formula is C21H23ClFN3O. The maximum atomic E-state index is 14.0. The number of amides is 1. The molecule has 0 saturated heterocycles. The number of aryl methyl sites for hydroxylation is 2. The summed E-state index contributed by atoms with van der Waals surface area (Å²) in [5, 5.41) is 3.56. The number of rotatable bonds is 6. The van der Waals surface area contributed by atoms with Crippen LogP contribution in [0.3, 0.4) is 0 Å². The number of carbonyl (C=O) groups is 1. The molecule has 0 fully saturated rings. The lowest BCUT2D eigenvalue weighted by Gasteiger charge is -2.26. The first-order valence-corrected chi connectivity index (χ1v) is 9.28. The highest BCUT2D eigenvalue weighted by Crippen LogP contribution is 2.25. The smallest absolute Gasteiger partial charge is 0.220 e. The van der Waals surface area contributed by atoms with Crippen molar-refractivity contribution >= 4 is 28.5 Å². The summed E-state index contributed by atoms with van der Waals surface area (Å²) in [6, 6.07) is 12.2. The molecule has 4 nitrogen and oxygen atoms in total. The molecule has 0 spiro atoms. The molecule has 0 bridgehead atoms. The van der Waals surface area contributed by atoms with Crippen molar-refractivity contribution in [3.8, 4) is 0 Å². The second-order valence-electron chi connectivity index (χ2n) is 7.36. The van der Waals surface area contributed by atoms with Gasteiger partial charge in [-0.1, -0.05) is 43.6 Å². The highest BCUT2D eigenvalue weighted by atomic mass is 35.5. The van der Waals surface area contributed by atoms with Crippen molar-refractivity contribution in [1.29, 1.82) is 0 Å². The Morgan fingerprint density at radius 2 is 2.00 bits per heavy atom. The van der Waals surface area contributed by atoms with Crippen molar-refractivity contribution in [2.75, 3.05) is 6.54 Å². The van der Waals surface area contributed by atoms with E-state index in [9.17, 15) is 9.18 Å². The van der Waals surface area contributed by atoms with E-state index in [-0.39, 0.29) is 11.7 Å². The molecular weight excluding hydrogens is 365 g/mol. The number of hydrogen-bond acceptors (Lipinski definition) is 2. The van der Waals surface area contributed by atoms with Gasteiger partial charge in [0.25, 0.3) is 0 Å². The van der Waals surface area contributed by atoms with Crippen LogP contribution >= 0.6 is 11.6 Å². The van der Waals surface area contributed by atoms with Gasteiger partial charge in [0, 0.05) is 36.9 Å². The van der Waals surface area contributed by atoms with E-state index in [1.807, 2.05) is 43.7 Å². The Balaban J connectivity index is 1.60. The average Bonchev–Trinajstić information content (AvgIpc) is 2.93. The standard InChI is InChI=1S/C21H23ClFN3O/c1-21(2,15-6-4-5-7-16(15)23)13-24-20(27)11-10-19-25-17-12-14(22)8-9-18(17)26(19)3/h4-9,12H,10-11,13H2,1-3H3,(H,24,27). The third-order valence-corrected chi connectivity index (χ3v) is 5.08. The molecule has 0 atom stereocenters. The Hall–Kier alpha value is -2.40. The number of nitrogens with zero attached hydrogens (tertiary/aromatic N) is 2. The van der Waals surface area contributed by atoms with Gasteiger partial charge in [0.05, 0.1) is 11.0 Å². The zero-order chi connectivity index (χ0) is 19.6. The molecule has 142 valence electrons. The van der Waals surface area contributed by atoms with E-state index in [0.717, 1.165) is 16.9 Å². The highest BCUT2D eigenvalue weighted by molar-refractivity contribution is 6.31. The van der Waals surface area contributed by atoms with Crippen LogP contribution in [0.15, 0.2) is 42.5 Å². The molecule has 1 amide bonds. The maximum Gasteiger partial charge on any atom is 0.220 e. The van der Waals surface area contributed by atoms with E-state index < -0.39 is 5.41 Å². The van der Waals surface area contributed by atoms with E-state index >= 15 is 0 Å². The van der Waals surface area contributed by atoms with Crippen molar-refractivity contribution in [2.24, 2.45) is 7.05 Å². The van der Waals surface area contributed by atoms with Gasteiger partial charge >= 0.3 is 0 Å². The zero-order valence-corrected chi connectivity index (χ0v) is 16.5. The Kier molecular flexibility index (Phi) is 5.51. The number of halogens is 2. The molecule has 27 heavy (non-hydrogen) atoms. The summed E-state index contributed by atoms with van der Waals surface area (Å²) in [5.41, 5.74) is 1.91. The fourth-order valence-electron chi connectivity index (χ4n) is 3.19. The molecule has 1 aromatic heterocycles. The summed E-state index contributed by atoms with van der Waals surface area (Å²) in [6.07, 6.45) is 0.840. The maximum absolute atomic E-state index is 14.0. The Morgan fingerprint density at radius 3 is 2.74 bits per heavy atom. The number of nitrogens with one attached hydrogen (secondary N) is 1. The van der Waals surface area contributed by atoms with Gasteiger partial charge in [0.15, 0.2) is 0 Å². The van der Waals surface area contributed by atoms with Gasteiger partial charge in [0.2, 0.25) is 5.91 Å². The summed E-state index contributed by atoms with van der Waals surface area (Å²) in [7, 11) is 1.93. The Morgan fingerprint density at radius 1 is 1.26 bits per heavy atom. The van der Waals surface area contributed by atoms with E-state index in [2.05, 4.69) is 10.3 Å². The van der Waals surface area contributed by atoms with E-state index in [0.29, 0.717) is 30.0 Å². The first-order valence-electron chi connectivity index (χ1n) is 8.90. The van der Waals surface area contributed by atoms with Gasteiger partial charge < -0.3 is 9.88 Å².